The van der Waals surface area contributed by atoms with Crippen molar-refractivity contribution < 1.29 is 4.74 Å². The first-order chi connectivity index (χ1) is 7.70. The van der Waals surface area contributed by atoms with Gasteiger partial charge in [-0.2, -0.15) is 0 Å². The number of aromatic nitrogens is 2. The van der Waals surface area contributed by atoms with Gasteiger partial charge < -0.3 is 15.0 Å². The van der Waals surface area contributed by atoms with Crippen molar-refractivity contribution >= 4 is 0 Å². The predicted octanol–water partition coefficient (Wildman–Crippen LogP) is 0.522. The van der Waals surface area contributed by atoms with Gasteiger partial charge in [0.25, 0.3) is 5.88 Å². The number of ether oxygens (including phenoxy) is 1. The van der Waals surface area contributed by atoms with Gasteiger partial charge in [-0.1, -0.05) is 6.92 Å². The summed E-state index contributed by atoms with van der Waals surface area (Å²) in [7, 11) is 0. The fraction of sp³-hybridized carbons (Fsp3) is 0.636. The summed E-state index contributed by atoms with van der Waals surface area (Å²) < 4.78 is 7.14. The lowest BCUT2D eigenvalue weighted by Crippen LogP contribution is -2.44. The second-order valence-corrected chi connectivity index (χ2v) is 4.20. The Morgan fingerprint density at radius 2 is 2.38 bits per heavy atom. The highest BCUT2D eigenvalue weighted by molar-refractivity contribution is 5.06. The van der Waals surface area contributed by atoms with E-state index in [0.717, 1.165) is 19.3 Å². The van der Waals surface area contributed by atoms with Crippen molar-refractivity contribution in [1.82, 2.24) is 9.55 Å². The van der Waals surface area contributed by atoms with E-state index < -0.39 is 0 Å². The van der Waals surface area contributed by atoms with Gasteiger partial charge in [0.2, 0.25) is 0 Å². The number of nitrogens with two attached hydrogens (primary N) is 1. The van der Waals surface area contributed by atoms with Crippen molar-refractivity contribution in [3.05, 3.63) is 22.7 Å². The highest BCUT2D eigenvalue weighted by Crippen LogP contribution is 2.21. The molecule has 1 heterocycles. The molecule has 0 saturated heterocycles. The van der Waals surface area contributed by atoms with E-state index >= 15 is 0 Å². The third kappa shape index (κ3) is 2.24. The third-order valence-corrected chi connectivity index (χ3v) is 2.76. The normalized spacial score (nSPS) is 23.9. The van der Waals surface area contributed by atoms with Gasteiger partial charge in [0.15, 0.2) is 0 Å². The van der Waals surface area contributed by atoms with Crippen molar-refractivity contribution in [2.24, 2.45) is 5.73 Å². The molecule has 0 amide bonds. The molecule has 16 heavy (non-hydrogen) atoms. The Morgan fingerprint density at radius 1 is 1.62 bits per heavy atom. The third-order valence-electron chi connectivity index (χ3n) is 2.76. The van der Waals surface area contributed by atoms with Crippen LogP contribution in [0.4, 0.5) is 0 Å². The summed E-state index contributed by atoms with van der Waals surface area (Å²) in [4.78, 5) is 15.8. The van der Waals surface area contributed by atoms with Gasteiger partial charge in [-0.25, -0.2) is 4.98 Å². The van der Waals surface area contributed by atoms with E-state index in [4.69, 9.17) is 10.5 Å². The van der Waals surface area contributed by atoms with E-state index in [9.17, 15) is 4.79 Å². The molecule has 0 atom stereocenters. The summed E-state index contributed by atoms with van der Waals surface area (Å²) in [5.41, 5.74) is 5.51. The van der Waals surface area contributed by atoms with E-state index in [1.165, 1.54) is 0 Å². The first kappa shape index (κ1) is 11.1. The van der Waals surface area contributed by atoms with Gasteiger partial charge in [-0.05, 0) is 19.3 Å². The van der Waals surface area contributed by atoms with Crippen molar-refractivity contribution in [1.29, 1.82) is 0 Å². The molecule has 1 saturated carbocycles. The van der Waals surface area contributed by atoms with Crippen LogP contribution in [-0.4, -0.2) is 21.7 Å². The van der Waals surface area contributed by atoms with Gasteiger partial charge in [0.1, 0.15) is 6.10 Å². The number of aryl methyl sites for hydroxylation is 1. The molecule has 0 aromatic carbocycles. The molecule has 2 N–H and O–H groups in total. The van der Waals surface area contributed by atoms with Crippen LogP contribution < -0.4 is 16.0 Å². The van der Waals surface area contributed by atoms with Crippen LogP contribution in [-0.2, 0) is 6.54 Å². The van der Waals surface area contributed by atoms with Gasteiger partial charge in [-0.15, -0.1) is 0 Å². The van der Waals surface area contributed by atoms with E-state index in [0.29, 0.717) is 6.54 Å². The maximum atomic E-state index is 11.9. The Bertz CT molecular complexity index is 410. The molecule has 5 heteroatoms. The second kappa shape index (κ2) is 4.65. The number of hydrogen-bond donors (Lipinski definition) is 1. The van der Waals surface area contributed by atoms with Gasteiger partial charge in [0, 0.05) is 25.0 Å². The minimum absolute atomic E-state index is 0.0627. The first-order valence-electron chi connectivity index (χ1n) is 5.68. The Balaban J connectivity index is 2.09. The van der Waals surface area contributed by atoms with E-state index in [-0.39, 0.29) is 23.6 Å². The highest BCUT2D eigenvalue weighted by atomic mass is 16.5. The molecule has 0 aliphatic heterocycles. The minimum Gasteiger partial charge on any atom is -0.470 e. The molecule has 1 fully saturated rings. The molecule has 0 unspecified atom stereocenters. The molecule has 5 nitrogen and oxygen atoms in total. The monoisotopic (exact) mass is 223 g/mol. The zero-order valence-electron chi connectivity index (χ0n) is 9.43. The molecule has 1 aromatic heterocycles. The van der Waals surface area contributed by atoms with Crippen LogP contribution in [0, 0.1) is 0 Å². The topological polar surface area (TPSA) is 70.1 Å². The Labute approximate surface area is 94.2 Å². The summed E-state index contributed by atoms with van der Waals surface area (Å²) in [6.07, 6.45) is 5.88. The maximum Gasteiger partial charge on any atom is 0.313 e. The average molecular weight is 223 g/mol. The van der Waals surface area contributed by atoms with Crippen LogP contribution in [0.1, 0.15) is 26.2 Å². The molecule has 0 bridgehead atoms. The Kier molecular flexibility index (Phi) is 3.24. The number of nitrogens with zero attached hydrogens (tertiary/aromatic N) is 2. The zero-order valence-corrected chi connectivity index (χ0v) is 9.43. The van der Waals surface area contributed by atoms with Crippen molar-refractivity contribution in [2.75, 3.05) is 0 Å². The highest BCUT2D eigenvalue weighted by Gasteiger charge is 2.28. The Hall–Kier alpha value is -1.36. The van der Waals surface area contributed by atoms with Gasteiger partial charge in [-0.3, -0.25) is 4.79 Å². The summed E-state index contributed by atoms with van der Waals surface area (Å²) in [5, 5.41) is 0. The largest absolute Gasteiger partial charge is 0.470 e. The summed E-state index contributed by atoms with van der Waals surface area (Å²) in [5.74, 6) is 0.202. The van der Waals surface area contributed by atoms with E-state index in [1.807, 2.05) is 6.92 Å². The fourth-order valence-electron chi connectivity index (χ4n) is 1.79. The molecule has 0 radical (unpaired) electrons. The van der Waals surface area contributed by atoms with Crippen LogP contribution in [0.2, 0.25) is 0 Å². The molecule has 0 spiro atoms. The quantitative estimate of drug-likeness (QED) is 0.808. The van der Waals surface area contributed by atoms with Crippen molar-refractivity contribution in [3.63, 3.8) is 0 Å². The fourth-order valence-corrected chi connectivity index (χ4v) is 1.79. The lowest BCUT2D eigenvalue weighted by atomic mass is 9.90. The first-order valence-corrected chi connectivity index (χ1v) is 5.68. The van der Waals surface area contributed by atoms with Crippen LogP contribution in [0.15, 0.2) is 17.2 Å². The second-order valence-electron chi connectivity index (χ2n) is 4.20. The number of hydrogen-bond acceptors (Lipinski definition) is 4. The smallest absolute Gasteiger partial charge is 0.313 e. The molecule has 88 valence electrons. The van der Waals surface area contributed by atoms with Gasteiger partial charge >= 0.3 is 5.56 Å². The molecular weight excluding hydrogens is 206 g/mol. The molecular formula is C11H17N3O2. The molecule has 1 aliphatic rings. The lowest BCUT2D eigenvalue weighted by Gasteiger charge is -2.31. The molecule has 1 aliphatic carbocycles. The van der Waals surface area contributed by atoms with E-state index in [1.54, 1.807) is 17.0 Å². The van der Waals surface area contributed by atoms with Crippen LogP contribution >= 0.6 is 0 Å². The maximum absolute atomic E-state index is 11.9. The average Bonchev–Trinajstić information content (AvgIpc) is 2.22. The Morgan fingerprint density at radius 3 is 3.00 bits per heavy atom. The predicted molar refractivity (Wildman–Crippen MR) is 60.4 cm³/mol. The molecule has 2 rings (SSSR count). The lowest BCUT2D eigenvalue weighted by molar-refractivity contribution is 0.0932. The van der Waals surface area contributed by atoms with Gasteiger partial charge in [0.05, 0.1) is 0 Å². The van der Waals surface area contributed by atoms with Crippen LogP contribution in [0.3, 0.4) is 0 Å². The summed E-state index contributed by atoms with van der Waals surface area (Å²) in [6, 6.07) is 0.214. The van der Waals surface area contributed by atoms with Crippen LogP contribution in [0.5, 0.6) is 5.88 Å². The number of rotatable bonds is 4. The summed E-state index contributed by atoms with van der Waals surface area (Å²) in [6.45, 7) is 2.72. The minimum atomic E-state index is -0.148. The van der Waals surface area contributed by atoms with E-state index in [2.05, 4.69) is 4.98 Å². The zero-order chi connectivity index (χ0) is 11.5. The van der Waals surface area contributed by atoms with Crippen molar-refractivity contribution in [2.45, 2.75) is 44.9 Å². The molecule has 1 aromatic rings. The summed E-state index contributed by atoms with van der Waals surface area (Å²) >= 11 is 0. The standard InChI is InChI=1S/C11H17N3O2/c1-2-4-14-5-3-13-10(11(14)15)16-9-6-8(12)7-9/h3,5,8-9H,2,4,6-7,12H2,1H3. The van der Waals surface area contributed by atoms with Crippen molar-refractivity contribution in [3.8, 4) is 5.88 Å². The van der Waals surface area contributed by atoms with Crippen LogP contribution in [0.25, 0.3) is 0 Å². The SMILES string of the molecule is CCCn1ccnc(OC2CC(N)C2)c1=O.